The van der Waals surface area contributed by atoms with Crippen LogP contribution in [-0.2, 0) is 9.53 Å². The summed E-state index contributed by atoms with van der Waals surface area (Å²) in [5.41, 5.74) is 1.67. The summed E-state index contributed by atoms with van der Waals surface area (Å²) in [6.45, 7) is 3.25. The summed E-state index contributed by atoms with van der Waals surface area (Å²) in [6.07, 6.45) is 3.08. The first-order chi connectivity index (χ1) is 9.97. The molecular formula is C14H15N3O4. The van der Waals surface area contributed by atoms with Crippen LogP contribution in [-0.4, -0.2) is 34.7 Å². The monoisotopic (exact) mass is 289 g/mol. The molecule has 0 aromatic carbocycles. The number of nitrogens with zero attached hydrogens (tertiary/aromatic N) is 3. The summed E-state index contributed by atoms with van der Waals surface area (Å²) in [5, 5.41) is 11.4. The average Bonchev–Trinajstić information content (AvgIpc) is 2.46. The van der Waals surface area contributed by atoms with Crippen molar-refractivity contribution in [1.82, 2.24) is 4.98 Å². The number of carbonyl (C=O) groups excluding carboxylic acids is 1. The van der Waals surface area contributed by atoms with Gasteiger partial charge in [-0.05, 0) is 31.5 Å². The van der Waals surface area contributed by atoms with Crippen LogP contribution in [0.4, 0.5) is 0 Å². The molecule has 1 aromatic rings. The van der Waals surface area contributed by atoms with Crippen molar-refractivity contribution >= 4 is 11.7 Å². The number of rotatable bonds is 3. The molecular weight excluding hydrogens is 274 g/mol. The minimum Gasteiger partial charge on any atom is -0.466 e. The largest absolute Gasteiger partial charge is 0.466 e. The van der Waals surface area contributed by atoms with Crippen molar-refractivity contribution in [1.29, 1.82) is 0 Å². The zero-order valence-electron chi connectivity index (χ0n) is 11.9. The molecule has 7 heteroatoms. The van der Waals surface area contributed by atoms with Crippen LogP contribution in [0.5, 0.6) is 0 Å². The highest BCUT2D eigenvalue weighted by atomic mass is 16.6. The van der Waals surface area contributed by atoms with E-state index in [2.05, 4.69) is 9.98 Å². The van der Waals surface area contributed by atoms with E-state index in [0.717, 1.165) is 0 Å². The van der Waals surface area contributed by atoms with E-state index in [1.165, 1.54) is 19.5 Å². The fraction of sp³-hybridized carbons (Fsp3) is 0.357. The molecule has 0 spiro atoms. The molecule has 1 aliphatic heterocycles. The van der Waals surface area contributed by atoms with Crippen LogP contribution in [0, 0.1) is 10.1 Å². The first-order valence-electron chi connectivity index (χ1n) is 6.35. The number of nitro groups is 1. The normalized spacial score (nSPS) is 21.8. The van der Waals surface area contributed by atoms with Gasteiger partial charge in [0.15, 0.2) is 0 Å². The van der Waals surface area contributed by atoms with Crippen LogP contribution in [0.15, 0.2) is 40.8 Å². The van der Waals surface area contributed by atoms with Crippen molar-refractivity contribution < 1.29 is 14.5 Å². The highest BCUT2D eigenvalue weighted by Crippen LogP contribution is 2.36. The molecule has 0 fully saturated rings. The van der Waals surface area contributed by atoms with Crippen LogP contribution in [0.3, 0.4) is 0 Å². The summed E-state index contributed by atoms with van der Waals surface area (Å²) < 4.78 is 4.77. The lowest BCUT2D eigenvalue weighted by Gasteiger charge is -2.27. The van der Waals surface area contributed by atoms with Crippen molar-refractivity contribution in [3.05, 3.63) is 51.5 Å². The number of aliphatic imine (C=N–C) groups is 1. The van der Waals surface area contributed by atoms with Gasteiger partial charge in [0.2, 0.25) is 0 Å². The van der Waals surface area contributed by atoms with E-state index in [4.69, 9.17) is 4.74 Å². The summed E-state index contributed by atoms with van der Waals surface area (Å²) in [6, 6.07) is 2.23. The quantitative estimate of drug-likeness (QED) is 0.480. The van der Waals surface area contributed by atoms with Crippen LogP contribution in [0.1, 0.15) is 25.3 Å². The van der Waals surface area contributed by atoms with Gasteiger partial charge in [-0.1, -0.05) is 0 Å². The highest BCUT2D eigenvalue weighted by molar-refractivity contribution is 5.98. The molecule has 0 amide bonds. The van der Waals surface area contributed by atoms with Crippen molar-refractivity contribution in [2.45, 2.75) is 25.8 Å². The van der Waals surface area contributed by atoms with Crippen molar-refractivity contribution in [3.8, 4) is 0 Å². The lowest BCUT2D eigenvalue weighted by Crippen LogP contribution is -2.39. The van der Waals surface area contributed by atoms with Crippen LogP contribution >= 0.6 is 0 Å². The standard InChI is InChI=1S/C14H15N3O4/c1-8-11(14(18)21-3)12(10-4-6-15-7-5-10)13(17(19)20)9(2)16-8/h4-7,12-13H,1-3H3. The number of pyridine rings is 1. The van der Waals surface area contributed by atoms with Crippen molar-refractivity contribution in [2.75, 3.05) is 7.11 Å². The topological polar surface area (TPSA) is 94.7 Å². The molecule has 1 aromatic heterocycles. The molecule has 2 atom stereocenters. The molecule has 21 heavy (non-hydrogen) atoms. The number of carbonyl (C=O) groups is 1. The van der Waals surface area contributed by atoms with Gasteiger partial charge in [0.05, 0.1) is 24.3 Å². The van der Waals surface area contributed by atoms with Gasteiger partial charge in [-0.3, -0.25) is 20.1 Å². The Kier molecular flexibility index (Phi) is 4.11. The molecule has 0 bridgehead atoms. The summed E-state index contributed by atoms with van der Waals surface area (Å²) >= 11 is 0. The number of ether oxygens (including phenoxy) is 1. The Bertz CT molecular complexity index is 637. The molecule has 2 unspecified atom stereocenters. The summed E-state index contributed by atoms with van der Waals surface area (Å²) in [5.74, 6) is -1.33. The molecule has 2 rings (SSSR count). The lowest BCUT2D eigenvalue weighted by atomic mass is 9.80. The Morgan fingerprint density at radius 3 is 2.48 bits per heavy atom. The number of hydrogen-bond donors (Lipinski definition) is 0. The SMILES string of the molecule is COC(=O)C1=C(C)N=C(C)C([N+](=O)[O-])C1c1ccncc1. The Morgan fingerprint density at radius 2 is 1.95 bits per heavy atom. The van der Waals surface area contributed by atoms with Crippen LogP contribution in [0.2, 0.25) is 0 Å². The lowest BCUT2D eigenvalue weighted by molar-refractivity contribution is -0.505. The van der Waals surface area contributed by atoms with Crippen molar-refractivity contribution in [2.24, 2.45) is 4.99 Å². The number of aromatic nitrogens is 1. The average molecular weight is 289 g/mol. The smallest absolute Gasteiger partial charge is 0.336 e. The van der Waals surface area contributed by atoms with Gasteiger partial charge in [-0.15, -0.1) is 0 Å². The van der Waals surface area contributed by atoms with E-state index in [1.807, 2.05) is 0 Å². The van der Waals surface area contributed by atoms with E-state index in [-0.39, 0.29) is 5.57 Å². The Morgan fingerprint density at radius 1 is 1.33 bits per heavy atom. The fourth-order valence-electron chi connectivity index (χ4n) is 2.59. The van der Waals surface area contributed by atoms with Gasteiger partial charge < -0.3 is 4.74 Å². The molecule has 0 saturated carbocycles. The van der Waals surface area contributed by atoms with Crippen molar-refractivity contribution in [3.63, 3.8) is 0 Å². The molecule has 2 heterocycles. The maximum absolute atomic E-state index is 12.0. The van der Waals surface area contributed by atoms with Gasteiger partial charge in [-0.25, -0.2) is 4.79 Å². The first-order valence-corrected chi connectivity index (χ1v) is 6.35. The Balaban J connectivity index is 2.65. The molecule has 0 N–H and O–H groups in total. The first kappa shape index (κ1) is 14.8. The Hall–Kier alpha value is -2.57. The van der Waals surface area contributed by atoms with Gasteiger partial charge >= 0.3 is 5.97 Å². The molecule has 1 aliphatic rings. The van der Waals surface area contributed by atoms with Gasteiger partial charge in [0.25, 0.3) is 6.04 Å². The number of hydrogen-bond acceptors (Lipinski definition) is 6. The summed E-state index contributed by atoms with van der Waals surface area (Å²) in [4.78, 5) is 31.1. The van der Waals surface area contributed by atoms with E-state index in [1.54, 1.807) is 26.0 Å². The highest BCUT2D eigenvalue weighted by Gasteiger charge is 2.44. The predicted octanol–water partition coefficient (Wildman–Crippen LogP) is 1.73. The maximum atomic E-state index is 12.0. The Labute approximate surface area is 121 Å². The van der Waals surface area contributed by atoms with Gasteiger partial charge in [0.1, 0.15) is 0 Å². The van der Waals surface area contributed by atoms with Gasteiger partial charge in [-0.2, -0.15) is 0 Å². The number of allylic oxidation sites excluding steroid dienone is 1. The fourth-order valence-corrected chi connectivity index (χ4v) is 2.59. The second-order valence-corrected chi connectivity index (χ2v) is 4.73. The van der Waals surface area contributed by atoms with Gasteiger partial charge in [0, 0.05) is 23.0 Å². The van der Waals surface area contributed by atoms with E-state index < -0.39 is 22.9 Å². The molecule has 0 saturated heterocycles. The van der Waals surface area contributed by atoms with E-state index >= 15 is 0 Å². The third-order valence-electron chi connectivity index (χ3n) is 3.49. The third kappa shape index (κ3) is 2.67. The predicted molar refractivity (Wildman–Crippen MR) is 75.6 cm³/mol. The number of methoxy groups -OCH3 is 1. The van der Waals surface area contributed by atoms with E-state index in [9.17, 15) is 14.9 Å². The minimum atomic E-state index is -1.09. The molecule has 0 radical (unpaired) electrons. The summed E-state index contributed by atoms with van der Waals surface area (Å²) in [7, 11) is 1.25. The van der Waals surface area contributed by atoms with Crippen LogP contribution < -0.4 is 0 Å². The number of esters is 1. The maximum Gasteiger partial charge on any atom is 0.336 e. The van der Waals surface area contributed by atoms with Crippen LogP contribution in [0.25, 0.3) is 0 Å². The zero-order valence-corrected chi connectivity index (χ0v) is 11.9. The second kappa shape index (κ2) is 5.82. The molecule has 0 aliphatic carbocycles. The third-order valence-corrected chi connectivity index (χ3v) is 3.49. The zero-order chi connectivity index (χ0) is 15.6. The van der Waals surface area contributed by atoms with E-state index in [0.29, 0.717) is 17.0 Å². The molecule has 110 valence electrons. The second-order valence-electron chi connectivity index (χ2n) is 4.73. The molecule has 7 nitrogen and oxygen atoms in total. The minimum absolute atomic E-state index is 0.219.